The lowest BCUT2D eigenvalue weighted by Crippen LogP contribution is -2.47. The van der Waals surface area contributed by atoms with E-state index in [4.69, 9.17) is 25.8 Å². The minimum atomic E-state index is -4.62. The van der Waals surface area contributed by atoms with Gasteiger partial charge >= 0.3 is 0 Å². The number of amides is 1. The number of hydrogen-bond donors (Lipinski definition) is 2. The van der Waals surface area contributed by atoms with Gasteiger partial charge in [-0.3, -0.25) is 19.8 Å². The third-order valence-electron chi connectivity index (χ3n) is 11.9. The van der Waals surface area contributed by atoms with Crippen LogP contribution in [0.3, 0.4) is 0 Å². The topological polar surface area (TPSA) is 169 Å². The van der Waals surface area contributed by atoms with Gasteiger partial charge in [0.15, 0.2) is 0 Å². The van der Waals surface area contributed by atoms with Crippen LogP contribution in [0.5, 0.6) is 17.2 Å². The van der Waals surface area contributed by atoms with Gasteiger partial charge in [-0.15, -0.1) is 0 Å². The number of benzene rings is 3. The molecule has 2 aromatic heterocycles. The summed E-state index contributed by atoms with van der Waals surface area (Å²) in [7, 11) is -3.04. The number of carbonyl (C=O) groups excluding carboxylic acids is 1. The number of anilines is 1. The zero-order valence-corrected chi connectivity index (χ0v) is 36.0. The van der Waals surface area contributed by atoms with Gasteiger partial charge in [0.2, 0.25) is 0 Å². The fourth-order valence-electron chi connectivity index (χ4n) is 8.50. The van der Waals surface area contributed by atoms with Crippen molar-refractivity contribution in [3.63, 3.8) is 0 Å². The molecule has 61 heavy (non-hydrogen) atoms. The summed E-state index contributed by atoms with van der Waals surface area (Å²) in [5.41, 5.74) is 5.65. The van der Waals surface area contributed by atoms with E-state index in [1.165, 1.54) is 35.0 Å². The summed E-state index contributed by atoms with van der Waals surface area (Å²) in [4.78, 5) is 37.2. The molecule has 1 aliphatic carbocycles. The van der Waals surface area contributed by atoms with Crippen LogP contribution in [0.1, 0.15) is 61.0 Å². The quantitative estimate of drug-likeness (QED) is 0.0861. The lowest BCUT2D eigenvalue weighted by atomic mass is 9.72. The highest BCUT2D eigenvalue weighted by atomic mass is 35.5. The lowest BCUT2D eigenvalue weighted by molar-refractivity contribution is -0.386. The molecule has 0 radical (unpaired) electrons. The molecule has 1 amide bonds. The Balaban J connectivity index is 1.03. The van der Waals surface area contributed by atoms with Gasteiger partial charge in [0, 0.05) is 86.9 Å². The molecule has 14 nitrogen and oxygen atoms in total. The second kappa shape index (κ2) is 17.5. The van der Waals surface area contributed by atoms with E-state index >= 15 is 0 Å². The number of halogens is 1. The molecule has 1 atom stereocenters. The first-order valence-corrected chi connectivity index (χ1v) is 22.3. The first kappa shape index (κ1) is 42.2. The zero-order valence-electron chi connectivity index (χ0n) is 34.4. The molecule has 4 heterocycles. The minimum Gasteiger partial charge on any atom is -0.493 e. The number of piperazine rings is 1. The van der Waals surface area contributed by atoms with Crippen molar-refractivity contribution in [3.8, 4) is 17.2 Å². The number of nitrogens with zero attached hydrogens (tertiary/aromatic N) is 4. The summed E-state index contributed by atoms with van der Waals surface area (Å²) in [5, 5.41) is 13.7. The molecular formula is C45H49ClN6O8S. The van der Waals surface area contributed by atoms with Crippen LogP contribution in [0.25, 0.3) is 16.6 Å². The number of pyridine rings is 1. The smallest absolute Gasteiger partial charge is 0.277 e. The molecule has 0 unspecified atom stereocenters. The van der Waals surface area contributed by atoms with E-state index in [1.54, 1.807) is 31.5 Å². The number of nitro benzene ring substituents is 1. The minimum absolute atomic E-state index is 0.0345. The Morgan fingerprint density at radius 1 is 1.08 bits per heavy atom. The van der Waals surface area contributed by atoms with Crippen molar-refractivity contribution in [2.24, 2.45) is 11.3 Å². The second-order valence-corrected chi connectivity index (χ2v) is 19.0. The van der Waals surface area contributed by atoms with Crippen molar-refractivity contribution in [2.75, 3.05) is 57.9 Å². The molecule has 16 heteroatoms. The summed E-state index contributed by atoms with van der Waals surface area (Å²) in [6.07, 6.45) is 7.42. The lowest BCUT2D eigenvalue weighted by Gasteiger charge is -2.39. The molecule has 3 aliphatic rings. The molecular weight excluding hydrogens is 820 g/mol. The number of hydrogen-bond acceptors (Lipinski definition) is 11. The fraction of sp³-hybridized carbons (Fsp3) is 0.378. The second-order valence-electron chi connectivity index (χ2n) is 16.8. The third-order valence-corrected chi connectivity index (χ3v) is 13.5. The van der Waals surface area contributed by atoms with Gasteiger partial charge in [-0.2, -0.15) is 0 Å². The maximum absolute atomic E-state index is 14.0. The van der Waals surface area contributed by atoms with E-state index in [0.29, 0.717) is 36.4 Å². The van der Waals surface area contributed by atoms with Gasteiger partial charge in [0.05, 0.1) is 33.7 Å². The molecule has 0 saturated carbocycles. The Hall–Kier alpha value is -5.48. The first-order chi connectivity index (χ1) is 29.2. The monoisotopic (exact) mass is 868 g/mol. The van der Waals surface area contributed by atoms with Crippen LogP contribution in [0.4, 0.5) is 11.4 Å². The predicted molar refractivity (Wildman–Crippen MR) is 234 cm³/mol. The highest BCUT2D eigenvalue weighted by Crippen LogP contribution is 2.44. The van der Waals surface area contributed by atoms with Crippen LogP contribution in [0.15, 0.2) is 89.6 Å². The average Bonchev–Trinajstić information content (AvgIpc) is 3.71. The molecule has 1 fully saturated rings. The number of rotatable bonds is 13. The van der Waals surface area contributed by atoms with Crippen molar-refractivity contribution in [1.29, 1.82) is 0 Å². The van der Waals surface area contributed by atoms with E-state index in [0.717, 1.165) is 74.1 Å². The molecule has 320 valence electrons. The Labute approximate surface area is 360 Å². The molecule has 2 N–H and O–H groups in total. The van der Waals surface area contributed by atoms with Crippen LogP contribution in [0.2, 0.25) is 5.02 Å². The summed E-state index contributed by atoms with van der Waals surface area (Å²) in [6, 6.07) is 19.0. The van der Waals surface area contributed by atoms with Gasteiger partial charge in [-0.05, 0) is 91.0 Å². The number of carbonyl (C=O) groups is 1. The van der Waals surface area contributed by atoms with Gasteiger partial charge < -0.3 is 24.1 Å². The number of nitrogens with one attached hydrogen (secondary N) is 2. The number of allylic oxidation sites excluding steroid dienone is 1. The molecule has 3 aromatic carbocycles. The maximum atomic E-state index is 14.0. The SMILES string of the molecule is COCC[C@H]1COc2cc(S(=O)(=O)NC(=O)c3ccc(N4CCN(CC5=C(c6ccc(Cl)cc6)CC(C)(C)CC5)CC4)cc3Oc3cnc4[nH]ccc4c3)cc([N+](=O)[O-])c2C1. The molecule has 2 aliphatic heterocycles. The Bertz CT molecular complexity index is 2600. The molecule has 0 spiro atoms. The van der Waals surface area contributed by atoms with Crippen molar-refractivity contribution >= 4 is 55.5 Å². The Morgan fingerprint density at radius 3 is 2.62 bits per heavy atom. The normalized spacial score (nSPS) is 18.1. The maximum Gasteiger partial charge on any atom is 0.277 e. The molecule has 5 aromatic rings. The van der Waals surface area contributed by atoms with E-state index in [1.807, 2.05) is 18.2 Å². The first-order valence-electron chi connectivity index (χ1n) is 20.4. The third kappa shape index (κ3) is 9.55. The van der Waals surface area contributed by atoms with Crippen LogP contribution in [-0.4, -0.2) is 87.2 Å². The van der Waals surface area contributed by atoms with Crippen molar-refractivity contribution in [1.82, 2.24) is 19.6 Å². The number of fused-ring (bicyclic) bond motifs is 2. The average molecular weight is 869 g/mol. The van der Waals surface area contributed by atoms with Crippen molar-refractivity contribution in [3.05, 3.63) is 117 Å². The predicted octanol–water partition coefficient (Wildman–Crippen LogP) is 8.41. The fourth-order valence-corrected chi connectivity index (χ4v) is 9.63. The summed E-state index contributed by atoms with van der Waals surface area (Å²) < 4.78 is 47.0. The van der Waals surface area contributed by atoms with Crippen LogP contribution >= 0.6 is 11.6 Å². The highest BCUT2D eigenvalue weighted by molar-refractivity contribution is 7.90. The van der Waals surface area contributed by atoms with E-state index in [-0.39, 0.29) is 35.0 Å². The number of aromatic amines is 1. The zero-order chi connectivity index (χ0) is 42.9. The highest BCUT2D eigenvalue weighted by Gasteiger charge is 2.33. The number of H-pyrrole nitrogens is 1. The number of methoxy groups -OCH3 is 1. The summed E-state index contributed by atoms with van der Waals surface area (Å²) >= 11 is 6.24. The van der Waals surface area contributed by atoms with E-state index in [9.17, 15) is 23.3 Å². The largest absolute Gasteiger partial charge is 0.493 e. The van der Waals surface area contributed by atoms with Gasteiger partial charge in [0.25, 0.3) is 21.6 Å². The van der Waals surface area contributed by atoms with Crippen molar-refractivity contribution in [2.45, 2.75) is 50.8 Å². The van der Waals surface area contributed by atoms with Gasteiger partial charge in [0.1, 0.15) is 22.9 Å². The molecule has 0 bridgehead atoms. The summed E-state index contributed by atoms with van der Waals surface area (Å²) in [5.74, 6) is -0.444. The number of nitro groups is 1. The van der Waals surface area contributed by atoms with Crippen LogP contribution in [-0.2, 0) is 21.2 Å². The van der Waals surface area contributed by atoms with E-state index < -0.39 is 31.4 Å². The molecule has 8 rings (SSSR count). The number of aromatic nitrogens is 2. The Kier molecular flexibility index (Phi) is 12.1. The standard InChI is InChI=1S/C45H49ClN6O8S/c1-45(2)13-10-32(39(25-45)30-4-6-33(46)7-5-30)27-50-15-17-51(18-16-50)34-8-9-37(42(22-34)60-35-21-31-11-14-47-43(31)48-26-35)44(53)49-61(56,57)36-23-40(52(54)55)38-20-29(12-19-58-3)28-59-41(38)24-36/h4-9,11,14,21-24,26,29H,10,12-13,15-20,25,27-28H2,1-3H3,(H,47,48)(H,49,53)/t29-/m1/s1. The van der Waals surface area contributed by atoms with Crippen LogP contribution < -0.4 is 19.1 Å². The van der Waals surface area contributed by atoms with Crippen LogP contribution in [0, 0.1) is 21.4 Å². The van der Waals surface area contributed by atoms with Gasteiger partial charge in [-0.25, -0.2) is 18.1 Å². The van der Waals surface area contributed by atoms with E-state index in [2.05, 4.69) is 50.5 Å². The Morgan fingerprint density at radius 2 is 1.87 bits per heavy atom. The van der Waals surface area contributed by atoms with Gasteiger partial charge in [-0.1, -0.05) is 43.2 Å². The molecule has 1 saturated heterocycles. The van der Waals surface area contributed by atoms with Crippen molar-refractivity contribution < 1.29 is 32.3 Å². The number of sulfonamides is 1. The number of ether oxygens (including phenoxy) is 3. The summed E-state index contributed by atoms with van der Waals surface area (Å²) in [6.45, 7) is 9.32.